The normalized spacial score (nSPS) is 11.9. The third kappa shape index (κ3) is 3.48. The minimum absolute atomic E-state index is 0.0365. The monoisotopic (exact) mass is 407 g/mol. The molecule has 8 nitrogen and oxygen atoms in total. The van der Waals surface area contributed by atoms with Crippen molar-refractivity contribution < 1.29 is 8.91 Å². The highest BCUT2D eigenvalue weighted by Crippen LogP contribution is 2.30. The summed E-state index contributed by atoms with van der Waals surface area (Å²) in [4.78, 5) is 8.27. The van der Waals surface area contributed by atoms with Gasteiger partial charge < -0.3 is 9.09 Å². The zero-order chi connectivity index (χ0) is 20.4. The number of nitrogens with zero attached hydrogens (tertiary/aromatic N) is 7. The molecule has 4 aromatic rings. The molecular weight excluding hydrogens is 393 g/mol. The second-order valence-corrected chi connectivity index (χ2v) is 6.55. The first-order valence-electron chi connectivity index (χ1n) is 8.67. The van der Waals surface area contributed by atoms with Crippen LogP contribution in [-0.2, 0) is 6.54 Å². The van der Waals surface area contributed by atoms with E-state index in [2.05, 4.69) is 38.0 Å². The molecular formula is C19H14FN7OS. The molecule has 1 aromatic carbocycles. The van der Waals surface area contributed by atoms with E-state index in [1.54, 1.807) is 12.4 Å². The summed E-state index contributed by atoms with van der Waals surface area (Å²) in [6, 6.07) is 9.55. The number of aromatic nitrogens is 6. The lowest BCUT2D eigenvalue weighted by molar-refractivity contribution is 0.420. The van der Waals surface area contributed by atoms with Crippen LogP contribution in [0.25, 0.3) is 22.8 Å². The number of benzene rings is 1. The van der Waals surface area contributed by atoms with Gasteiger partial charge in [-0.1, -0.05) is 5.16 Å². The maximum absolute atomic E-state index is 14.1. The summed E-state index contributed by atoms with van der Waals surface area (Å²) in [5.41, 5.74) is 1.21. The van der Waals surface area contributed by atoms with Crippen LogP contribution in [0, 0.1) is 17.1 Å². The molecule has 0 amide bonds. The molecule has 10 heteroatoms. The predicted octanol–water partition coefficient (Wildman–Crippen LogP) is 3.44. The van der Waals surface area contributed by atoms with Crippen LogP contribution in [0.4, 0.5) is 4.39 Å². The van der Waals surface area contributed by atoms with Crippen molar-refractivity contribution >= 4 is 12.6 Å². The standard InChI is InChI=1S/C19H14FN7OS/c1-2-27-17(12-5-7-22-8-6-12)24-25-18(27)15(29)16-23-19(28-26-16)13-9-11(10-21)3-4-14(13)20/h3-9,15,29H,2H2,1H3. The lowest BCUT2D eigenvalue weighted by Crippen LogP contribution is -2.08. The Labute approximate surface area is 170 Å². The number of nitriles is 1. The average Bonchev–Trinajstić information content (AvgIpc) is 3.41. The van der Waals surface area contributed by atoms with Crippen LogP contribution in [0.1, 0.15) is 29.4 Å². The molecule has 1 atom stereocenters. The van der Waals surface area contributed by atoms with E-state index in [0.29, 0.717) is 18.2 Å². The molecule has 0 fully saturated rings. The van der Waals surface area contributed by atoms with Crippen LogP contribution < -0.4 is 0 Å². The molecule has 0 N–H and O–H groups in total. The molecule has 0 aliphatic heterocycles. The third-order valence-electron chi connectivity index (χ3n) is 4.29. The molecule has 3 heterocycles. The van der Waals surface area contributed by atoms with Crippen molar-refractivity contribution in [1.82, 2.24) is 29.9 Å². The summed E-state index contributed by atoms with van der Waals surface area (Å²) in [6.45, 7) is 2.56. The Hall–Kier alpha value is -3.58. The SMILES string of the molecule is CCn1c(-c2ccncc2)nnc1C(S)c1noc(-c2cc(C#N)ccc2F)n1. The number of hydrogen-bond donors (Lipinski definition) is 1. The fourth-order valence-electron chi connectivity index (χ4n) is 2.87. The van der Waals surface area contributed by atoms with E-state index in [0.717, 1.165) is 5.56 Å². The second-order valence-electron chi connectivity index (χ2n) is 6.03. The van der Waals surface area contributed by atoms with E-state index in [4.69, 9.17) is 9.78 Å². The van der Waals surface area contributed by atoms with Crippen molar-refractivity contribution in [3.63, 3.8) is 0 Å². The first-order valence-corrected chi connectivity index (χ1v) is 9.19. The maximum Gasteiger partial charge on any atom is 0.260 e. The van der Waals surface area contributed by atoms with Crippen molar-refractivity contribution in [2.24, 2.45) is 0 Å². The Morgan fingerprint density at radius 2 is 2.03 bits per heavy atom. The average molecular weight is 407 g/mol. The molecule has 0 aliphatic carbocycles. The lowest BCUT2D eigenvalue weighted by Gasteiger charge is -2.10. The Morgan fingerprint density at radius 1 is 1.24 bits per heavy atom. The van der Waals surface area contributed by atoms with Crippen LogP contribution in [0.3, 0.4) is 0 Å². The van der Waals surface area contributed by atoms with Gasteiger partial charge in [0.05, 0.1) is 17.2 Å². The number of rotatable bonds is 5. The zero-order valence-corrected chi connectivity index (χ0v) is 16.1. The zero-order valence-electron chi connectivity index (χ0n) is 15.2. The van der Waals surface area contributed by atoms with Crippen LogP contribution in [0.2, 0.25) is 0 Å². The first-order chi connectivity index (χ1) is 14.1. The second kappa shape index (κ2) is 7.81. The van der Waals surface area contributed by atoms with Gasteiger partial charge in [0.25, 0.3) is 5.89 Å². The molecule has 0 saturated carbocycles. The summed E-state index contributed by atoms with van der Waals surface area (Å²) in [6.07, 6.45) is 3.36. The van der Waals surface area contributed by atoms with Gasteiger partial charge in [0.2, 0.25) is 0 Å². The molecule has 0 radical (unpaired) electrons. The van der Waals surface area contributed by atoms with Gasteiger partial charge in [0, 0.05) is 24.5 Å². The van der Waals surface area contributed by atoms with E-state index < -0.39 is 11.1 Å². The van der Waals surface area contributed by atoms with Gasteiger partial charge in [0.1, 0.15) is 11.1 Å². The summed E-state index contributed by atoms with van der Waals surface area (Å²) in [5, 5.41) is 20.8. The fraction of sp³-hybridized carbons (Fsp3) is 0.158. The number of thiol groups is 1. The van der Waals surface area contributed by atoms with Gasteiger partial charge in [-0.2, -0.15) is 22.9 Å². The highest BCUT2D eigenvalue weighted by Gasteiger charge is 2.25. The van der Waals surface area contributed by atoms with E-state index >= 15 is 0 Å². The van der Waals surface area contributed by atoms with Gasteiger partial charge in [0.15, 0.2) is 17.5 Å². The van der Waals surface area contributed by atoms with Crippen molar-refractivity contribution in [2.75, 3.05) is 0 Å². The minimum Gasteiger partial charge on any atom is -0.334 e. The smallest absolute Gasteiger partial charge is 0.260 e. The molecule has 3 aromatic heterocycles. The molecule has 0 bridgehead atoms. The van der Waals surface area contributed by atoms with Crippen LogP contribution in [0.5, 0.6) is 0 Å². The summed E-state index contributed by atoms with van der Waals surface area (Å²) in [7, 11) is 0. The highest BCUT2D eigenvalue weighted by molar-refractivity contribution is 7.80. The molecule has 4 rings (SSSR count). The predicted molar refractivity (Wildman–Crippen MR) is 104 cm³/mol. The number of hydrogen-bond acceptors (Lipinski definition) is 8. The molecule has 144 valence electrons. The number of pyridine rings is 1. The van der Waals surface area contributed by atoms with E-state index in [-0.39, 0.29) is 22.8 Å². The lowest BCUT2D eigenvalue weighted by atomic mass is 10.1. The number of halogens is 1. The molecule has 0 spiro atoms. The van der Waals surface area contributed by atoms with Crippen LogP contribution >= 0.6 is 12.6 Å². The van der Waals surface area contributed by atoms with Gasteiger partial charge in [-0.3, -0.25) is 4.98 Å². The van der Waals surface area contributed by atoms with E-state index in [1.807, 2.05) is 29.7 Å². The highest BCUT2D eigenvalue weighted by atomic mass is 32.1. The van der Waals surface area contributed by atoms with Gasteiger partial charge >= 0.3 is 0 Å². The van der Waals surface area contributed by atoms with Crippen LogP contribution in [0.15, 0.2) is 47.2 Å². The van der Waals surface area contributed by atoms with E-state index in [9.17, 15) is 4.39 Å². The Balaban J connectivity index is 1.70. The summed E-state index contributed by atoms with van der Waals surface area (Å²) >= 11 is 4.58. The first kappa shape index (κ1) is 18.8. The Kier molecular flexibility index (Phi) is 5.05. The van der Waals surface area contributed by atoms with Gasteiger partial charge in [-0.15, -0.1) is 10.2 Å². The molecule has 0 aliphatic rings. The Morgan fingerprint density at radius 3 is 2.76 bits per heavy atom. The largest absolute Gasteiger partial charge is 0.334 e. The topological polar surface area (TPSA) is 106 Å². The van der Waals surface area contributed by atoms with Crippen molar-refractivity contribution in [3.8, 4) is 28.9 Å². The van der Waals surface area contributed by atoms with Crippen LogP contribution in [-0.4, -0.2) is 29.9 Å². The molecule has 0 saturated heterocycles. The van der Waals surface area contributed by atoms with Crippen molar-refractivity contribution in [3.05, 3.63) is 65.8 Å². The molecule has 1 unspecified atom stereocenters. The Bertz CT molecular complexity index is 1200. The molecule has 29 heavy (non-hydrogen) atoms. The van der Waals surface area contributed by atoms with Gasteiger partial charge in [-0.05, 0) is 37.3 Å². The fourth-order valence-corrected chi connectivity index (χ4v) is 3.17. The minimum atomic E-state index is -0.641. The van der Waals surface area contributed by atoms with Crippen molar-refractivity contribution in [1.29, 1.82) is 5.26 Å². The summed E-state index contributed by atoms with van der Waals surface area (Å²) < 4.78 is 21.2. The third-order valence-corrected chi connectivity index (χ3v) is 4.75. The summed E-state index contributed by atoms with van der Waals surface area (Å²) in [5.74, 6) is 0.812. The maximum atomic E-state index is 14.1. The van der Waals surface area contributed by atoms with E-state index in [1.165, 1.54) is 18.2 Å². The van der Waals surface area contributed by atoms with Gasteiger partial charge in [-0.25, -0.2) is 4.39 Å². The van der Waals surface area contributed by atoms with Crippen molar-refractivity contribution in [2.45, 2.75) is 18.7 Å². The quantitative estimate of drug-likeness (QED) is 0.505.